The molecule has 0 saturated heterocycles. The van der Waals surface area contributed by atoms with E-state index in [0.717, 1.165) is 0 Å². The minimum Gasteiger partial charge on any atom is -0.458 e. The van der Waals surface area contributed by atoms with Crippen LogP contribution in [0.1, 0.15) is 51.9 Å². The van der Waals surface area contributed by atoms with E-state index >= 15 is 0 Å². The number of aromatic nitrogens is 1. The van der Waals surface area contributed by atoms with E-state index in [1.54, 1.807) is 39.1 Å². The third kappa shape index (κ3) is 7.74. The second kappa shape index (κ2) is 7.55. The molecule has 1 aromatic heterocycles. The zero-order chi connectivity index (χ0) is 17.7. The summed E-state index contributed by atoms with van der Waals surface area (Å²) < 4.78 is 11.0. The molecule has 1 heterocycles. The summed E-state index contributed by atoms with van der Waals surface area (Å²) in [6, 6.07) is 2.39. The van der Waals surface area contributed by atoms with Gasteiger partial charge in [-0.25, -0.2) is 4.79 Å². The Morgan fingerprint density at radius 2 is 1.83 bits per heavy atom. The molecule has 0 aromatic carbocycles. The molecule has 6 heteroatoms. The molecule has 0 saturated carbocycles. The lowest BCUT2D eigenvalue weighted by Crippen LogP contribution is -2.48. The van der Waals surface area contributed by atoms with E-state index in [2.05, 4.69) is 10.3 Å². The predicted octanol–water partition coefficient (Wildman–Crippen LogP) is 2.34. The van der Waals surface area contributed by atoms with Crippen LogP contribution in [0.5, 0.6) is 0 Å². The van der Waals surface area contributed by atoms with Crippen LogP contribution >= 0.6 is 0 Å². The molecule has 1 aromatic rings. The van der Waals surface area contributed by atoms with Gasteiger partial charge in [0.2, 0.25) is 0 Å². The molecule has 0 spiro atoms. The number of pyridine rings is 1. The van der Waals surface area contributed by atoms with Crippen LogP contribution in [0, 0.1) is 0 Å². The van der Waals surface area contributed by atoms with Gasteiger partial charge in [0, 0.05) is 12.4 Å². The summed E-state index contributed by atoms with van der Waals surface area (Å²) in [4.78, 5) is 28.4. The van der Waals surface area contributed by atoms with Gasteiger partial charge in [0.05, 0.1) is 17.8 Å². The van der Waals surface area contributed by atoms with Crippen molar-refractivity contribution in [3.8, 4) is 0 Å². The van der Waals surface area contributed by atoms with E-state index in [9.17, 15) is 9.59 Å². The quantitative estimate of drug-likeness (QED) is 0.842. The first kappa shape index (κ1) is 19.1. The van der Waals surface area contributed by atoms with Gasteiger partial charge in [-0.3, -0.25) is 9.78 Å². The van der Waals surface area contributed by atoms with E-state index in [1.165, 1.54) is 6.20 Å². The topological polar surface area (TPSA) is 77.5 Å². The smallest absolute Gasteiger partial charge is 0.331 e. The molecular weight excluding hydrogens is 296 g/mol. The molecule has 23 heavy (non-hydrogen) atoms. The Balaban J connectivity index is 2.82. The van der Waals surface area contributed by atoms with Crippen molar-refractivity contribution in [1.82, 2.24) is 10.3 Å². The molecule has 0 aliphatic heterocycles. The molecule has 0 aliphatic carbocycles. The molecule has 0 radical (unpaired) electrons. The summed E-state index contributed by atoms with van der Waals surface area (Å²) in [6.07, 6.45) is 3.01. The maximum absolute atomic E-state index is 12.3. The zero-order valence-corrected chi connectivity index (χ0v) is 14.7. The van der Waals surface area contributed by atoms with Gasteiger partial charge in [-0.2, -0.15) is 0 Å². The van der Waals surface area contributed by atoms with E-state index in [0.29, 0.717) is 5.56 Å². The van der Waals surface area contributed by atoms with Crippen LogP contribution in [0.4, 0.5) is 0 Å². The van der Waals surface area contributed by atoms with Crippen LogP contribution in [0.15, 0.2) is 24.5 Å². The summed E-state index contributed by atoms with van der Waals surface area (Å²) in [6.45, 7) is 11.0. The van der Waals surface area contributed by atoms with Crippen LogP contribution in [0.3, 0.4) is 0 Å². The first-order valence-electron chi connectivity index (χ1n) is 7.56. The van der Waals surface area contributed by atoms with Gasteiger partial charge in [0.15, 0.2) is 6.04 Å². The SMILES string of the molecule is CC(C)(C)OCC(NC(=O)c1cccnc1)C(=O)OC(C)(C)C. The molecule has 1 rings (SSSR count). The Kier molecular flexibility index (Phi) is 6.27. The molecular formula is C17H26N2O4. The van der Waals surface area contributed by atoms with Gasteiger partial charge in [-0.05, 0) is 53.7 Å². The van der Waals surface area contributed by atoms with Gasteiger partial charge < -0.3 is 14.8 Å². The van der Waals surface area contributed by atoms with E-state index in [-0.39, 0.29) is 6.61 Å². The summed E-state index contributed by atoms with van der Waals surface area (Å²) in [7, 11) is 0. The Bertz CT molecular complexity index is 530. The highest BCUT2D eigenvalue weighted by atomic mass is 16.6. The van der Waals surface area contributed by atoms with Crippen molar-refractivity contribution in [2.45, 2.75) is 58.8 Å². The Morgan fingerprint density at radius 1 is 1.17 bits per heavy atom. The van der Waals surface area contributed by atoms with Gasteiger partial charge >= 0.3 is 5.97 Å². The average Bonchev–Trinajstić information content (AvgIpc) is 2.41. The number of ether oxygens (including phenoxy) is 2. The van der Waals surface area contributed by atoms with Crippen molar-refractivity contribution in [3.63, 3.8) is 0 Å². The molecule has 0 fully saturated rings. The normalized spacial score (nSPS) is 13.3. The van der Waals surface area contributed by atoms with Crippen molar-refractivity contribution in [3.05, 3.63) is 30.1 Å². The van der Waals surface area contributed by atoms with E-state index < -0.39 is 29.1 Å². The van der Waals surface area contributed by atoms with Crippen LogP contribution < -0.4 is 5.32 Å². The van der Waals surface area contributed by atoms with Gasteiger partial charge in [-0.1, -0.05) is 0 Å². The fraction of sp³-hybridized carbons (Fsp3) is 0.588. The van der Waals surface area contributed by atoms with Gasteiger partial charge in [0.25, 0.3) is 5.91 Å². The van der Waals surface area contributed by atoms with Crippen LogP contribution in [0.25, 0.3) is 0 Å². The first-order chi connectivity index (χ1) is 10.5. The monoisotopic (exact) mass is 322 g/mol. The minimum atomic E-state index is -0.888. The highest BCUT2D eigenvalue weighted by Gasteiger charge is 2.28. The van der Waals surface area contributed by atoms with E-state index in [1.807, 2.05) is 20.8 Å². The lowest BCUT2D eigenvalue weighted by atomic mass is 10.1. The summed E-state index contributed by atoms with van der Waals surface area (Å²) in [5.74, 6) is -0.926. The standard InChI is InChI=1S/C17H26N2O4/c1-16(2,3)22-11-13(15(21)23-17(4,5)6)19-14(20)12-8-7-9-18-10-12/h7-10,13H,11H2,1-6H3,(H,19,20). The number of carbonyl (C=O) groups excluding carboxylic acids is 2. The van der Waals surface area contributed by atoms with Crippen LogP contribution in [0.2, 0.25) is 0 Å². The van der Waals surface area contributed by atoms with Gasteiger partial charge in [-0.15, -0.1) is 0 Å². The third-order valence-corrected chi connectivity index (χ3v) is 2.60. The Labute approximate surface area is 137 Å². The van der Waals surface area contributed by atoms with E-state index in [4.69, 9.17) is 9.47 Å². The lowest BCUT2D eigenvalue weighted by molar-refractivity contribution is -0.160. The van der Waals surface area contributed by atoms with Crippen molar-refractivity contribution >= 4 is 11.9 Å². The van der Waals surface area contributed by atoms with Crippen molar-refractivity contribution < 1.29 is 19.1 Å². The summed E-state index contributed by atoms with van der Waals surface area (Å²) in [5, 5.41) is 2.65. The maximum atomic E-state index is 12.3. The Morgan fingerprint density at radius 3 is 2.30 bits per heavy atom. The second-order valence-electron chi connectivity index (χ2n) is 7.22. The molecule has 1 unspecified atom stereocenters. The van der Waals surface area contributed by atoms with Crippen molar-refractivity contribution in [1.29, 1.82) is 0 Å². The third-order valence-electron chi connectivity index (χ3n) is 2.60. The Hall–Kier alpha value is -1.95. The number of rotatable bonds is 5. The molecule has 128 valence electrons. The number of nitrogens with zero attached hydrogens (tertiary/aromatic N) is 1. The van der Waals surface area contributed by atoms with Crippen molar-refractivity contribution in [2.24, 2.45) is 0 Å². The number of nitrogens with one attached hydrogen (secondary N) is 1. The highest BCUT2D eigenvalue weighted by Crippen LogP contribution is 2.12. The molecule has 1 N–H and O–H groups in total. The predicted molar refractivity (Wildman–Crippen MR) is 87.0 cm³/mol. The molecule has 1 amide bonds. The van der Waals surface area contributed by atoms with Crippen LogP contribution in [-0.4, -0.2) is 40.7 Å². The number of esters is 1. The molecule has 0 bridgehead atoms. The minimum absolute atomic E-state index is 0.0322. The highest BCUT2D eigenvalue weighted by molar-refractivity contribution is 5.96. The molecule has 6 nitrogen and oxygen atoms in total. The number of amides is 1. The number of hydrogen-bond acceptors (Lipinski definition) is 5. The molecule has 1 atom stereocenters. The van der Waals surface area contributed by atoms with Crippen LogP contribution in [-0.2, 0) is 14.3 Å². The number of carbonyl (C=O) groups is 2. The lowest BCUT2D eigenvalue weighted by Gasteiger charge is -2.27. The van der Waals surface area contributed by atoms with Gasteiger partial charge in [0.1, 0.15) is 5.60 Å². The average molecular weight is 322 g/mol. The summed E-state index contributed by atoms with van der Waals surface area (Å²) in [5.41, 5.74) is -0.702. The fourth-order valence-corrected chi connectivity index (χ4v) is 1.61. The fourth-order valence-electron chi connectivity index (χ4n) is 1.61. The second-order valence-corrected chi connectivity index (χ2v) is 7.22. The zero-order valence-electron chi connectivity index (χ0n) is 14.7. The molecule has 0 aliphatic rings. The number of hydrogen-bond donors (Lipinski definition) is 1. The first-order valence-corrected chi connectivity index (χ1v) is 7.56. The summed E-state index contributed by atoms with van der Waals surface area (Å²) >= 11 is 0. The largest absolute Gasteiger partial charge is 0.458 e. The maximum Gasteiger partial charge on any atom is 0.331 e. The van der Waals surface area contributed by atoms with Crippen molar-refractivity contribution in [2.75, 3.05) is 6.61 Å².